The molecule has 0 N–H and O–H groups in total. The lowest BCUT2D eigenvalue weighted by Gasteiger charge is -2.11. The van der Waals surface area contributed by atoms with Gasteiger partial charge in [-0.3, -0.25) is 0 Å². The smallest absolute Gasteiger partial charge is 0.110 e. The van der Waals surface area contributed by atoms with Gasteiger partial charge >= 0.3 is 0 Å². The van der Waals surface area contributed by atoms with Crippen LogP contribution in [0.2, 0.25) is 0 Å². The van der Waals surface area contributed by atoms with Crippen molar-refractivity contribution < 1.29 is 3.07 Å². The lowest BCUT2D eigenvalue weighted by atomic mass is 10.2. The first-order valence-electron chi connectivity index (χ1n) is 1.86. The van der Waals surface area contributed by atoms with Gasteiger partial charge in [-0.15, -0.1) is 0 Å². The summed E-state index contributed by atoms with van der Waals surface area (Å²) in [6.45, 7) is 6.04. The van der Waals surface area contributed by atoms with Crippen LogP contribution in [0.25, 0.3) is 0 Å². The molecule has 0 aromatic rings. The van der Waals surface area contributed by atoms with Crippen LogP contribution in [0.15, 0.2) is 0 Å². The van der Waals surface area contributed by atoms with Crippen LogP contribution in [-0.2, 0) is 3.07 Å². The number of halogens is 1. The summed E-state index contributed by atoms with van der Waals surface area (Å²) < 4.78 is 4.91. The Morgan fingerprint density at radius 1 is 1.33 bits per heavy atom. The summed E-state index contributed by atoms with van der Waals surface area (Å²) >= 11 is 1.89. The molecular formula is C4H9IO. The van der Waals surface area contributed by atoms with Crippen molar-refractivity contribution in [2.24, 2.45) is 0 Å². The molecule has 0 heterocycles. The van der Waals surface area contributed by atoms with E-state index in [4.69, 9.17) is 3.07 Å². The molecule has 0 aromatic heterocycles. The highest BCUT2D eigenvalue weighted by Gasteiger charge is 2.05. The van der Waals surface area contributed by atoms with Gasteiger partial charge in [0.2, 0.25) is 0 Å². The van der Waals surface area contributed by atoms with E-state index >= 15 is 0 Å². The molecule has 2 heteroatoms. The molecule has 38 valence electrons. The molecule has 0 rings (SSSR count). The fourth-order valence-electron chi connectivity index (χ4n) is 0. The zero-order valence-corrected chi connectivity index (χ0v) is 6.44. The molecule has 0 fully saturated rings. The van der Waals surface area contributed by atoms with E-state index in [1.807, 2.05) is 43.8 Å². The van der Waals surface area contributed by atoms with Gasteiger partial charge in [0.25, 0.3) is 0 Å². The van der Waals surface area contributed by atoms with E-state index in [0.29, 0.717) is 0 Å². The van der Waals surface area contributed by atoms with Crippen LogP contribution in [-0.4, -0.2) is 5.60 Å². The molecule has 0 bridgehead atoms. The van der Waals surface area contributed by atoms with Crippen LogP contribution in [0.1, 0.15) is 20.8 Å². The van der Waals surface area contributed by atoms with Gasteiger partial charge in [0.05, 0.1) is 5.60 Å². The maximum atomic E-state index is 4.91. The maximum Gasteiger partial charge on any atom is 0.110 e. The van der Waals surface area contributed by atoms with Crippen molar-refractivity contribution in [2.45, 2.75) is 26.4 Å². The molecular weight excluding hydrogens is 191 g/mol. The van der Waals surface area contributed by atoms with Gasteiger partial charge in [0.1, 0.15) is 23.0 Å². The van der Waals surface area contributed by atoms with Gasteiger partial charge in [0.15, 0.2) is 0 Å². The van der Waals surface area contributed by atoms with Crippen molar-refractivity contribution in [3.63, 3.8) is 0 Å². The summed E-state index contributed by atoms with van der Waals surface area (Å²) in [7, 11) is 0. The molecule has 0 unspecified atom stereocenters. The maximum absolute atomic E-state index is 4.91. The van der Waals surface area contributed by atoms with Gasteiger partial charge in [-0.05, 0) is 20.8 Å². The number of rotatable bonds is 0. The second-order valence-electron chi connectivity index (χ2n) is 2.19. The van der Waals surface area contributed by atoms with Crippen molar-refractivity contribution in [2.75, 3.05) is 0 Å². The highest BCUT2D eigenvalue weighted by Crippen LogP contribution is 2.09. The van der Waals surface area contributed by atoms with E-state index in [1.54, 1.807) is 0 Å². The zero-order valence-electron chi connectivity index (χ0n) is 4.29. The van der Waals surface area contributed by atoms with Crippen molar-refractivity contribution in [3.8, 4) is 0 Å². The van der Waals surface area contributed by atoms with Crippen molar-refractivity contribution >= 4 is 23.0 Å². The Labute approximate surface area is 52.8 Å². The van der Waals surface area contributed by atoms with Crippen molar-refractivity contribution in [3.05, 3.63) is 0 Å². The zero-order chi connectivity index (χ0) is 5.21. The van der Waals surface area contributed by atoms with Crippen LogP contribution < -0.4 is 0 Å². The largest absolute Gasteiger partial charge is 0.310 e. The molecule has 0 aliphatic rings. The fourth-order valence-corrected chi connectivity index (χ4v) is 0. The molecule has 1 nitrogen and oxygen atoms in total. The van der Waals surface area contributed by atoms with Crippen LogP contribution in [0, 0.1) is 0 Å². The summed E-state index contributed by atoms with van der Waals surface area (Å²) in [5, 5.41) is 0. The van der Waals surface area contributed by atoms with Gasteiger partial charge in [-0.1, -0.05) is 0 Å². The van der Waals surface area contributed by atoms with Crippen LogP contribution >= 0.6 is 23.0 Å². The SMILES string of the molecule is CC(C)(C)OI. The van der Waals surface area contributed by atoms with Crippen molar-refractivity contribution in [1.82, 2.24) is 0 Å². The highest BCUT2D eigenvalue weighted by molar-refractivity contribution is 14.1. The van der Waals surface area contributed by atoms with E-state index < -0.39 is 0 Å². The first-order chi connectivity index (χ1) is 2.56. The summed E-state index contributed by atoms with van der Waals surface area (Å²) in [5.74, 6) is 0. The third kappa shape index (κ3) is 4.69. The molecule has 0 atom stereocenters. The van der Waals surface area contributed by atoms with E-state index in [-0.39, 0.29) is 5.60 Å². The van der Waals surface area contributed by atoms with Gasteiger partial charge < -0.3 is 3.07 Å². The summed E-state index contributed by atoms with van der Waals surface area (Å²) in [4.78, 5) is 0. The first kappa shape index (κ1) is 6.69. The lowest BCUT2D eigenvalue weighted by molar-refractivity contribution is 0.201. The van der Waals surface area contributed by atoms with Gasteiger partial charge in [-0.25, -0.2) is 0 Å². The monoisotopic (exact) mass is 200 g/mol. The minimum absolute atomic E-state index is 0.0283. The van der Waals surface area contributed by atoms with Crippen molar-refractivity contribution in [1.29, 1.82) is 0 Å². The number of hydrogen-bond acceptors (Lipinski definition) is 1. The average molecular weight is 200 g/mol. The summed E-state index contributed by atoms with van der Waals surface area (Å²) in [5.41, 5.74) is 0.0283. The highest BCUT2D eigenvalue weighted by atomic mass is 127. The second kappa shape index (κ2) is 2.12. The van der Waals surface area contributed by atoms with E-state index in [0.717, 1.165) is 0 Å². The molecule has 0 spiro atoms. The molecule has 0 aromatic carbocycles. The van der Waals surface area contributed by atoms with Crippen LogP contribution in [0.5, 0.6) is 0 Å². The average Bonchev–Trinajstić information content (AvgIpc) is 1.35. The number of hydrogen-bond donors (Lipinski definition) is 0. The minimum atomic E-state index is 0.0283. The van der Waals surface area contributed by atoms with E-state index in [2.05, 4.69) is 0 Å². The fraction of sp³-hybridized carbons (Fsp3) is 1.00. The normalized spacial score (nSPS) is 12.0. The standard InChI is InChI=1S/C4H9IO/c1-4(2,3)6-5/h1-3H3. The second-order valence-corrected chi connectivity index (χ2v) is 2.63. The molecule has 0 saturated carbocycles. The van der Waals surface area contributed by atoms with Gasteiger partial charge in [-0.2, -0.15) is 0 Å². The Balaban J connectivity index is 3.17. The molecule has 6 heavy (non-hydrogen) atoms. The summed E-state index contributed by atoms with van der Waals surface area (Å²) in [6.07, 6.45) is 0. The Bertz CT molecular complexity index is 37.3. The molecule has 0 aliphatic heterocycles. The predicted molar refractivity (Wildman–Crippen MR) is 34.9 cm³/mol. The third-order valence-electron chi connectivity index (χ3n) is 0.231. The molecule has 0 saturated heterocycles. The minimum Gasteiger partial charge on any atom is -0.310 e. The third-order valence-corrected chi connectivity index (χ3v) is 1.55. The Hall–Kier alpha value is 0.690. The summed E-state index contributed by atoms with van der Waals surface area (Å²) in [6, 6.07) is 0. The quantitative estimate of drug-likeness (QED) is 0.544. The topological polar surface area (TPSA) is 9.23 Å². The van der Waals surface area contributed by atoms with Crippen LogP contribution in [0.3, 0.4) is 0 Å². The molecule has 0 aliphatic carbocycles. The lowest BCUT2D eigenvalue weighted by Crippen LogP contribution is -2.11. The Kier molecular flexibility index (Phi) is 2.36. The Morgan fingerprint density at radius 2 is 1.50 bits per heavy atom. The predicted octanol–water partition coefficient (Wildman–Crippen LogP) is 2.15. The van der Waals surface area contributed by atoms with E-state index in [9.17, 15) is 0 Å². The molecule has 0 radical (unpaired) electrons. The van der Waals surface area contributed by atoms with Gasteiger partial charge in [0, 0.05) is 0 Å². The Morgan fingerprint density at radius 3 is 1.50 bits per heavy atom. The van der Waals surface area contributed by atoms with Crippen LogP contribution in [0.4, 0.5) is 0 Å². The molecule has 0 amide bonds. The first-order valence-corrected chi connectivity index (χ1v) is 2.74. The van der Waals surface area contributed by atoms with E-state index in [1.165, 1.54) is 0 Å².